The van der Waals surface area contributed by atoms with Crippen LogP contribution in [0.2, 0.25) is 0 Å². The predicted octanol–water partition coefficient (Wildman–Crippen LogP) is 3.47. The van der Waals surface area contributed by atoms with Gasteiger partial charge in [-0.05, 0) is 54.3 Å². The predicted molar refractivity (Wildman–Crippen MR) is 63.6 cm³/mol. The molecule has 0 amide bonds. The van der Waals surface area contributed by atoms with Gasteiger partial charge in [0.2, 0.25) is 0 Å². The first kappa shape index (κ1) is 11.4. The topological polar surface area (TPSA) is 20.2 Å². The average molecular weight is 210 g/mol. The van der Waals surface area contributed by atoms with Crippen LogP contribution in [0.5, 0.6) is 0 Å². The molecular formula is C14H26O. The smallest absolute Gasteiger partial charge is 0.0484 e. The number of hydrogen-bond donors (Lipinski definition) is 1. The molecule has 2 saturated carbocycles. The average Bonchev–Trinajstić information content (AvgIpc) is 2.40. The molecule has 0 aromatic heterocycles. The van der Waals surface area contributed by atoms with Gasteiger partial charge in [-0.3, -0.25) is 0 Å². The highest BCUT2D eigenvalue weighted by molar-refractivity contribution is 5.00. The van der Waals surface area contributed by atoms with Crippen LogP contribution in [0.1, 0.15) is 53.4 Å². The van der Waals surface area contributed by atoms with Gasteiger partial charge in [0.15, 0.2) is 0 Å². The number of hydrogen-bond acceptors (Lipinski definition) is 1. The lowest BCUT2D eigenvalue weighted by molar-refractivity contribution is -0.00419. The van der Waals surface area contributed by atoms with Crippen LogP contribution in [0.25, 0.3) is 0 Å². The van der Waals surface area contributed by atoms with Crippen LogP contribution in [-0.4, -0.2) is 11.7 Å². The third-order valence-electron chi connectivity index (χ3n) is 4.82. The van der Waals surface area contributed by atoms with Gasteiger partial charge in [-0.1, -0.05) is 27.7 Å². The Bertz CT molecular complexity index is 224. The Balaban J connectivity index is 2.17. The van der Waals surface area contributed by atoms with E-state index in [1.807, 2.05) is 0 Å². The maximum Gasteiger partial charge on any atom is 0.0484 e. The fraction of sp³-hybridized carbons (Fsp3) is 1.00. The zero-order valence-corrected chi connectivity index (χ0v) is 10.7. The second-order valence-corrected chi connectivity index (χ2v) is 7.37. The van der Waals surface area contributed by atoms with Crippen LogP contribution in [0.3, 0.4) is 0 Å². The number of aliphatic hydroxyl groups excluding tert-OH is 1. The summed E-state index contributed by atoms with van der Waals surface area (Å²) in [6.07, 6.45) is 5.31. The van der Waals surface area contributed by atoms with Crippen LogP contribution in [-0.2, 0) is 0 Å². The van der Waals surface area contributed by atoms with Crippen LogP contribution in [0.4, 0.5) is 0 Å². The van der Waals surface area contributed by atoms with Crippen LogP contribution in [0.15, 0.2) is 0 Å². The van der Waals surface area contributed by atoms with Crippen molar-refractivity contribution in [3.63, 3.8) is 0 Å². The van der Waals surface area contributed by atoms with Crippen molar-refractivity contribution in [2.75, 3.05) is 6.61 Å². The van der Waals surface area contributed by atoms with Crippen molar-refractivity contribution in [3.05, 3.63) is 0 Å². The number of fused-ring (bicyclic) bond motifs is 2. The molecule has 0 aromatic rings. The Morgan fingerprint density at radius 2 is 1.60 bits per heavy atom. The van der Waals surface area contributed by atoms with E-state index < -0.39 is 0 Å². The molecule has 1 N–H and O–H groups in total. The van der Waals surface area contributed by atoms with Crippen molar-refractivity contribution in [1.29, 1.82) is 0 Å². The maximum atomic E-state index is 9.50. The van der Waals surface area contributed by atoms with E-state index in [0.29, 0.717) is 12.0 Å². The number of aliphatic hydroxyl groups is 1. The molecule has 88 valence electrons. The first-order valence-electron chi connectivity index (χ1n) is 6.47. The molecule has 0 radical (unpaired) electrons. The Morgan fingerprint density at radius 3 is 1.93 bits per heavy atom. The van der Waals surface area contributed by atoms with Crippen molar-refractivity contribution in [3.8, 4) is 0 Å². The molecule has 2 fully saturated rings. The Labute approximate surface area is 94.3 Å². The molecule has 15 heavy (non-hydrogen) atoms. The van der Waals surface area contributed by atoms with Crippen molar-refractivity contribution in [2.24, 2.45) is 28.6 Å². The highest BCUT2D eigenvalue weighted by atomic mass is 16.3. The fourth-order valence-corrected chi connectivity index (χ4v) is 4.52. The molecule has 0 saturated heterocycles. The Morgan fingerprint density at radius 1 is 1.13 bits per heavy atom. The summed E-state index contributed by atoms with van der Waals surface area (Å²) in [5.41, 5.74) is 0.691. The van der Waals surface area contributed by atoms with Gasteiger partial charge in [0.25, 0.3) is 0 Å². The quantitative estimate of drug-likeness (QED) is 0.702. The summed E-state index contributed by atoms with van der Waals surface area (Å²) in [5, 5.41) is 9.50. The van der Waals surface area contributed by atoms with Gasteiger partial charge in [0.1, 0.15) is 0 Å². The van der Waals surface area contributed by atoms with Gasteiger partial charge in [-0.15, -0.1) is 0 Å². The highest BCUT2D eigenvalue weighted by Gasteiger charge is 2.50. The van der Waals surface area contributed by atoms with Gasteiger partial charge in [0.05, 0.1) is 0 Å². The van der Waals surface area contributed by atoms with E-state index in [-0.39, 0.29) is 5.41 Å². The normalized spacial score (nSPS) is 45.8. The van der Waals surface area contributed by atoms with Crippen molar-refractivity contribution in [1.82, 2.24) is 0 Å². The van der Waals surface area contributed by atoms with Gasteiger partial charge < -0.3 is 5.11 Å². The molecule has 0 spiro atoms. The zero-order valence-electron chi connectivity index (χ0n) is 10.7. The summed E-state index contributed by atoms with van der Waals surface area (Å²) in [6, 6.07) is 0. The minimum absolute atomic E-state index is 0.230. The summed E-state index contributed by atoms with van der Waals surface area (Å²) in [4.78, 5) is 0. The first-order valence-corrected chi connectivity index (χ1v) is 6.47. The highest BCUT2D eigenvalue weighted by Crippen LogP contribution is 2.58. The van der Waals surface area contributed by atoms with Gasteiger partial charge in [0, 0.05) is 6.61 Å². The van der Waals surface area contributed by atoms with E-state index >= 15 is 0 Å². The second kappa shape index (κ2) is 3.48. The van der Waals surface area contributed by atoms with Crippen LogP contribution >= 0.6 is 0 Å². The second-order valence-electron chi connectivity index (χ2n) is 7.37. The van der Waals surface area contributed by atoms with Gasteiger partial charge in [-0.2, -0.15) is 0 Å². The Kier molecular flexibility index (Phi) is 2.65. The lowest BCUT2D eigenvalue weighted by atomic mass is 9.59. The molecule has 4 atom stereocenters. The lowest BCUT2D eigenvalue weighted by Crippen LogP contribution is -2.40. The van der Waals surface area contributed by atoms with Gasteiger partial charge in [-0.25, -0.2) is 0 Å². The fourth-order valence-electron chi connectivity index (χ4n) is 4.52. The molecule has 3 unspecified atom stereocenters. The third-order valence-corrected chi connectivity index (χ3v) is 4.82. The van der Waals surface area contributed by atoms with E-state index in [0.717, 1.165) is 17.8 Å². The molecule has 0 aromatic carbocycles. The molecular weight excluding hydrogens is 184 g/mol. The SMILES string of the molecule is CC1(CO)CC2CC[C@H](C1)C2C(C)(C)C. The summed E-state index contributed by atoms with van der Waals surface area (Å²) < 4.78 is 0. The summed E-state index contributed by atoms with van der Waals surface area (Å²) >= 11 is 0. The molecule has 2 aliphatic rings. The minimum atomic E-state index is 0.230. The molecule has 0 aliphatic heterocycles. The first-order chi connectivity index (χ1) is 6.86. The standard InChI is InChI=1S/C14H26O/c1-13(2,3)12-10-5-6-11(12)8-14(4,7-10)9-15/h10-12,15H,5-9H2,1-4H3/t10-,11?,12?,14?/m1/s1. The summed E-state index contributed by atoms with van der Waals surface area (Å²) in [5.74, 6) is 2.65. The van der Waals surface area contributed by atoms with Crippen LogP contribution < -0.4 is 0 Å². The lowest BCUT2D eigenvalue weighted by Gasteiger charge is -2.47. The van der Waals surface area contributed by atoms with Crippen LogP contribution in [0, 0.1) is 28.6 Å². The summed E-state index contributed by atoms with van der Waals surface area (Å²) in [7, 11) is 0. The van der Waals surface area contributed by atoms with Crippen molar-refractivity contribution < 1.29 is 5.11 Å². The third kappa shape index (κ3) is 1.95. The van der Waals surface area contributed by atoms with E-state index in [1.165, 1.54) is 25.7 Å². The molecule has 2 rings (SSSR count). The van der Waals surface area contributed by atoms with E-state index in [1.54, 1.807) is 0 Å². The van der Waals surface area contributed by atoms with Crippen molar-refractivity contribution >= 4 is 0 Å². The Hall–Kier alpha value is -0.0400. The maximum absolute atomic E-state index is 9.50. The molecule has 1 heteroatoms. The largest absolute Gasteiger partial charge is 0.396 e. The van der Waals surface area contributed by atoms with Gasteiger partial charge >= 0.3 is 0 Å². The zero-order chi connectivity index (χ0) is 11.3. The molecule has 2 aliphatic carbocycles. The monoisotopic (exact) mass is 210 g/mol. The van der Waals surface area contributed by atoms with E-state index in [2.05, 4.69) is 27.7 Å². The molecule has 0 heterocycles. The van der Waals surface area contributed by atoms with E-state index in [9.17, 15) is 5.11 Å². The van der Waals surface area contributed by atoms with E-state index in [4.69, 9.17) is 0 Å². The summed E-state index contributed by atoms with van der Waals surface area (Å²) in [6.45, 7) is 9.84. The number of rotatable bonds is 1. The van der Waals surface area contributed by atoms with Crippen molar-refractivity contribution in [2.45, 2.75) is 53.4 Å². The molecule has 1 nitrogen and oxygen atoms in total. The minimum Gasteiger partial charge on any atom is -0.396 e. The molecule has 2 bridgehead atoms.